The number of rotatable bonds is 6. The van der Waals surface area contributed by atoms with Crippen LogP contribution < -0.4 is 15.4 Å². The molecule has 1 aromatic rings. The highest BCUT2D eigenvalue weighted by Gasteiger charge is 2.62. The molecule has 0 unspecified atom stereocenters. The Morgan fingerprint density at radius 2 is 1.85 bits per heavy atom. The molecule has 284 valence electrons. The van der Waals surface area contributed by atoms with Crippen molar-refractivity contribution in [3.05, 3.63) is 47.3 Å². The maximum atomic E-state index is 14.4. The summed E-state index contributed by atoms with van der Waals surface area (Å²) in [5.41, 5.74) is -0.840. The Bertz CT molecular complexity index is 1740. The molecule has 5 aliphatic rings. The molecule has 5 atom stereocenters. The van der Waals surface area contributed by atoms with E-state index in [0.29, 0.717) is 36.8 Å². The number of nitrogens with zero attached hydrogens (tertiary/aromatic N) is 2. The molecule has 1 aromatic carbocycles. The van der Waals surface area contributed by atoms with Gasteiger partial charge in [0.25, 0.3) is 5.91 Å². The largest absolute Gasteiger partial charge is 0.449 e. The van der Waals surface area contributed by atoms with Gasteiger partial charge in [0.1, 0.15) is 29.5 Å². The van der Waals surface area contributed by atoms with Crippen molar-refractivity contribution >= 4 is 39.9 Å². The lowest BCUT2D eigenvalue weighted by Gasteiger charge is -2.30. The number of alkyl carbamates (subject to hydrolysis) is 1. The van der Waals surface area contributed by atoms with E-state index in [2.05, 4.69) is 15.4 Å². The Kier molecular flexibility index (Phi) is 10.6. The molecule has 3 fully saturated rings. The molecule has 52 heavy (non-hydrogen) atoms. The van der Waals surface area contributed by atoms with Crippen LogP contribution in [0.25, 0.3) is 0 Å². The van der Waals surface area contributed by atoms with Crippen molar-refractivity contribution in [1.82, 2.24) is 25.2 Å². The summed E-state index contributed by atoms with van der Waals surface area (Å²) in [4.78, 5) is 70.9. The summed E-state index contributed by atoms with van der Waals surface area (Å²) < 4.78 is 53.3. The van der Waals surface area contributed by atoms with E-state index in [1.54, 1.807) is 12.1 Å². The van der Waals surface area contributed by atoms with Crippen LogP contribution in [0.2, 0.25) is 0 Å². The van der Waals surface area contributed by atoms with E-state index in [1.165, 1.54) is 15.9 Å². The molecule has 3 heterocycles. The molecular formula is C36H48FN5O9S. The summed E-state index contributed by atoms with van der Waals surface area (Å²) in [6, 6.07) is 2.31. The second kappa shape index (κ2) is 14.7. The average Bonchev–Trinajstić information content (AvgIpc) is 3.96. The summed E-state index contributed by atoms with van der Waals surface area (Å²) >= 11 is 0. The first-order valence-corrected chi connectivity index (χ1v) is 19.6. The zero-order valence-corrected chi connectivity index (χ0v) is 30.6. The molecule has 6 rings (SSSR count). The van der Waals surface area contributed by atoms with Gasteiger partial charge >= 0.3 is 12.2 Å². The predicted molar refractivity (Wildman–Crippen MR) is 185 cm³/mol. The van der Waals surface area contributed by atoms with Gasteiger partial charge in [0, 0.05) is 24.4 Å². The van der Waals surface area contributed by atoms with Gasteiger partial charge in [0.15, 0.2) is 0 Å². The molecule has 0 spiro atoms. The number of fused-ring (bicyclic) bond motifs is 3. The molecule has 3 aliphatic heterocycles. The normalized spacial score (nSPS) is 28.6. The summed E-state index contributed by atoms with van der Waals surface area (Å²) in [5.74, 6) is -3.05. The monoisotopic (exact) mass is 745 g/mol. The van der Waals surface area contributed by atoms with E-state index in [9.17, 15) is 36.8 Å². The van der Waals surface area contributed by atoms with Crippen LogP contribution in [0.3, 0.4) is 0 Å². The Balaban J connectivity index is 1.24. The van der Waals surface area contributed by atoms with Crippen LogP contribution in [-0.4, -0.2) is 90.3 Å². The van der Waals surface area contributed by atoms with Crippen molar-refractivity contribution in [2.45, 2.75) is 121 Å². The van der Waals surface area contributed by atoms with Gasteiger partial charge in [-0.3, -0.25) is 24.0 Å². The maximum absolute atomic E-state index is 14.4. The smallest absolute Gasteiger partial charge is 0.410 e. The number of allylic oxidation sites excluding steroid dienone is 1. The van der Waals surface area contributed by atoms with Gasteiger partial charge in [-0.2, -0.15) is 0 Å². The van der Waals surface area contributed by atoms with Gasteiger partial charge in [-0.05, 0) is 55.6 Å². The third-order valence-corrected chi connectivity index (χ3v) is 12.0. The topological polar surface area (TPSA) is 181 Å². The minimum Gasteiger partial charge on any atom is -0.449 e. The number of halogens is 1. The van der Waals surface area contributed by atoms with Gasteiger partial charge < -0.3 is 25.0 Å². The van der Waals surface area contributed by atoms with Crippen molar-refractivity contribution in [3.63, 3.8) is 0 Å². The highest BCUT2D eigenvalue weighted by molar-refractivity contribution is 7.91. The van der Waals surface area contributed by atoms with Gasteiger partial charge in [-0.1, -0.05) is 57.9 Å². The SMILES string of the molecule is CC(C)(C)COC(=O)N[C@H]1CCCCC/C=C\[C@@H]2C[C@@]2(C(=O)NS(=O)(=O)C2CC2)NC(=O)[C@@H]2C[C@@H](OC(=O)N3Cc4cccc(F)c4C3)CN2C1=O. The van der Waals surface area contributed by atoms with E-state index in [0.717, 1.165) is 12.8 Å². The van der Waals surface area contributed by atoms with Crippen LogP contribution in [0.15, 0.2) is 30.4 Å². The molecule has 16 heteroatoms. The highest BCUT2D eigenvalue weighted by atomic mass is 32.2. The van der Waals surface area contributed by atoms with E-state index in [1.807, 2.05) is 32.9 Å². The zero-order chi connectivity index (χ0) is 37.4. The predicted octanol–water partition coefficient (Wildman–Crippen LogP) is 3.39. The molecule has 14 nitrogen and oxygen atoms in total. The first kappa shape index (κ1) is 37.5. The summed E-state index contributed by atoms with van der Waals surface area (Å²) in [6.07, 6.45) is 5.15. The number of nitrogens with one attached hydrogen (secondary N) is 3. The lowest BCUT2D eigenvalue weighted by atomic mass is 9.99. The van der Waals surface area contributed by atoms with Crippen molar-refractivity contribution in [3.8, 4) is 0 Å². The molecule has 0 aromatic heterocycles. The molecule has 3 N–H and O–H groups in total. The fraction of sp³-hybridized carbons (Fsp3) is 0.639. The second-order valence-electron chi connectivity index (χ2n) is 15.8. The molecule has 1 saturated heterocycles. The van der Waals surface area contributed by atoms with Crippen molar-refractivity contribution in [2.24, 2.45) is 11.3 Å². The minimum atomic E-state index is -3.92. The summed E-state index contributed by atoms with van der Waals surface area (Å²) in [6.45, 7) is 5.73. The van der Waals surface area contributed by atoms with Gasteiger partial charge in [0.2, 0.25) is 21.8 Å². The summed E-state index contributed by atoms with van der Waals surface area (Å²) in [7, 11) is -3.92. The molecule has 2 aliphatic carbocycles. The third kappa shape index (κ3) is 8.53. The third-order valence-electron chi connectivity index (χ3n) is 10.2. The lowest BCUT2D eigenvalue weighted by Crippen LogP contribution is -2.58. The van der Waals surface area contributed by atoms with Crippen molar-refractivity contribution < 1.29 is 46.3 Å². The maximum Gasteiger partial charge on any atom is 0.410 e. The van der Waals surface area contributed by atoms with E-state index in [-0.39, 0.29) is 50.9 Å². The fourth-order valence-corrected chi connectivity index (χ4v) is 8.40. The van der Waals surface area contributed by atoms with Crippen LogP contribution in [0, 0.1) is 17.2 Å². The number of hydrogen-bond donors (Lipinski definition) is 3. The number of carbonyl (C=O) groups excluding carboxylic acids is 5. The highest BCUT2D eigenvalue weighted by Crippen LogP contribution is 2.46. The summed E-state index contributed by atoms with van der Waals surface area (Å²) in [5, 5.41) is 4.81. The molecule has 2 saturated carbocycles. The first-order chi connectivity index (χ1) is 24.6. The Labute approximate surface area is 303 Å². The Hall–Kier alpha value is -4.21. The lowest BCUT2D eigenvalue weighted by molar-refractivity contribution is -0.141. The molecule has 0 radical (unpaired) electrons. The number of hydrogen-bond acceptors (Lipinski definition) is 9. The Morgan fingerprint density at radius 3 is 2.56 bits per heavy atom. The molecule has 0 bridgehead atoms. The number of sulfonamides is 1. The number of amides is 5. The first-order valence-electron chi connectivity index (χ1n) is 18.1. The quantitative estimate of drug-likeness (QED) is 0.368. The Morgan fingerprint density at radius 1 is 1.08 bits per heavy atom. The molecule has 5 amide bonds. The average molecular weight is 746 g/mol. The zero-order valence-electron chi connectivity index (χ0n) is 29.8. The number of benzene rings is 1. The van der Waals surface area contributed by atoms with E-state index >= 15 is 0 Å². The van der Waals surface area contributed by atoms with E-state index in [4.69, 9.17) is 9.47 Å². The van der Waals surface area contributed by atoms with Crippen LogP contribution in [0.1, 0.15) is 89.7 Å². The van der Waals surface area contributed by atoms with Crippen molar-refractivity contribution in [2.75, 3.05) is 13.2 Å². The van der Waals surface area contributed by atoms with Gasteiger partial charge in [0.05, 0.1) is 24.9 Å². The van der Waals surface area contributed by atoms with Gasteiger partial charge in [-0.15, -0.1) is 0 Å². The fourth-order valence-electron chi connectivity index (χ4n) is 7.04. The van der Waals surface area contributed by atoms with Crippen molar-refractivity contribution in [1.29, 1.82) is 0 Å². The minimum absolute atomic E-state index is 0.000899. The van der Waals surface area contributed by atoms with Gasteiger partial charge in [-0.25, -0.2) is 22.4 Å². The van der Waals surface area contributed by atoms with Crippen LogP contribution in [0.5, 0.6) is 0 Å². The van der Waals surface area contributed by atoms with Crippen LogP contribution >= 0.6 is 0 Å². The van der Waals surface area contributed by atoms with Crippen LogP contribution in [-0.2, 0) is 47.0 Å². The van der Waals surface area contributed by atoms with Crippen LogP contribution in [0.4, 0.5) is 14.0 Å². The number of carbonyl (C=O) groups is 5. The van der Waals surface area contributed by atoms with E-state index < -0.39 is 80.6 Å². The molecular weight excluding hydrogens is 697 g/mol. The number of ether oxygens (including phenoxy) is 2. The second-order valence-corrected chi connectivity index (χ2v) is 17.8. The standard InChI is InChI=1S/C36H48FN5O9S/c1-35(2,3)21-50-33(46)38-28-13-8-6-4-5-7-11-23-17-36(23,32(45)40-52(48,49)25-14-15-25)39-30(43)29-16-24(19-42(29)31(28)44)51-34(47)41-18-22-10-9-12-27(37)26(22)20-41/h7,9-12,23-25,28-29H,4-6,8,13-21H2,1-3H3,(H,38,46)(H,39,43)(H,40,45)/b11-7-/t23-,24-,28+,29+,36-/m1/s1.